The summed E-state index contributed by atoms with van der Waals surface area (Å²) in [6.45, 7) is 14.5. The molecule has 1 unspecified atom stereocenters. The molecule has 5 rings (SSSR count). The first kappa shape index (κ1) is 44.1. The normalized spacial score (nSPS) is 38.4. The highest BCUT2D eigenvalue weighted by Crippen LogP contribution is 2.67. The Morgan fingerprint density at radius 1 is 0.815 bits per heavy atom. The van der Waals surface area contributed by atoms with E-state index in [1.54, 1.807) is 0 Å². The number of fused-ring (bicyclic) bond motifs is 5. The average Bonchev–Trinajstić information content (AvgIpc) is 3.50. The lowest BCUT2D eigenvalue weighted by molar-refractivity contribution is -0.313. The molecule has 312 valence electrons. The minimum Gasteiger partial charge on any atom is -0.463 e. The Kier molecular flexibility index (Phi) is 16.8. The molecule has 7 nitrogen and oxygen atoms in total. The molecule has 4 fully saturated rings. The highest BCUT2D eigenvalue weighted by Gasteiger charge is 2.59. The van der Waals surface area contributed by atoms with E-state index in [9.17, 15) is 20.1 Å². The quantitative estimate of drug-likeness (QED) is 0.0608. The minimum absolute atomic E-state index is 0.136. The highest BCUT2D eigenvalue weighted by molar-refractivity contribution is 5.69. The highest BCUT2D eigenvalue weighted by atomic mass is 16.7. The summed E-state index contributed by atoms with van der Waals surface area (Å²) in [5, 5.41) is 32.4. The lowest BCUT2D eigenvalue weighted by Gasteiger charge is -2.58. The van der Waals surface area contributed by atoms with Crippen molar-refractivity contribution >= 4 is 5.97 Å². The van der Waals surface area contributed by atoms with Gasteiger partial charge in [-0.1, -0.05) is 137 Å². The van der Waals surface area contributed by atoms with E-state index in [0.717, 1.165) is 74.5 Å². The van der Waals surface area contributed by atoms with E-state index < -0.39 is 30.7 Å². The van der Waals surface area contributed by atoms with Gasteiger partial charge in [0.1, 0.15) is 31.0 Å². The molecule has 54 heavy (non-hydrogen) atoms. The van der Waals surface area contributed by atoms with Gasteiger partial charge in [0.05, 0.1) is 6.10 Å². The first-order valence-electron chi connectivity index (χ1n) is 23.1. The second kappa shape index (κ2) is 20.6. The Labute approximate surface area is 330 Å². The Balaban J connectivity index is 1.06. The summed E-state index contributed by atoms with van der Waals surface area (Å²) in [6.07, 6.45) is 23.4. The first-order chi connectivity index (χ1) is 25.9. The van der Waals surface area contributed by atoms with Crippen LogP contribution >= 0.6 is 0 Å². The summed E-state index contributed by atoms with van der Waals surface area (Å²) in [6, 6.07) is 0. The van der Waals surface area contributed by atoms with E-state index in [-0.39, 0.29) is 24.1 Å². The molecule has 1 saturated heterocycles. The van der Waals surface area contributed by atoms with Gasteiger partial charge in [-0.2, -0.15) is 0 Å². The van der Waals surface area contributed by atoms with Crippen molar-refractivity contribution in [3.05, 3.63) is 11.6 Å². The fourth-order valence-electron chi connectivity index (χ4n) is 12.3. The molecule has 1 heterocycles. The van der Waals surface area contributed by atoms with Crippen LogP contribution in [-0.2, 0) is 19.0 Å². The predicted molar refractivity (Wildman–Crippen MR) is 217 cm³/mol. The topological polar surface area (TPSA) is 105 Å². The molecule has 4 aliphatic carbocycles. The van der Waals surface area contributed by atoms with Gasteiger partial charge in [0, 0.05) is 6.42 Å². The summed E-state index contributed by atoms with van der Waals surface area (Å²) >= 11 is 0. The number of hydrogen-bond donors (Lipinski definition) is 3. The molecule has 3 N–H and O–H groups in total. The number of unbranched alkanes of at least 4 members (excludes halogenated alkanes) is 10. The van der Waals surface area contributed by atoms with Gasteiger partial charge >= 0.3 is 5.97 Å². The Bertz CT molecular complexity index is 1170. The van der Waals surface area contributed by atoms with Gasteiger partial charge < -0.3 is 29.5 Å². The second-order valence-corrected chi connectivity index (χ2v) is 19.8. The Morgan fingerprint density at radius 3 is 2.19 bits per heavy atom. The van der Waals surface area contributed by atoms with E-state index in [0.29, 0.717) is 17.8 Å². The SMILES string of the molecule is CCCCCCCCCCCCCC(=O)OC[C@H]1O[C@H](OC2CC[C@@]3(C)C(=CC[C@H]4[C@@H]5CC[C@H]([C@H](C)CCCC(C)C)[C@@]5(C)CC[C@@H]43)C2)[C@H](O)[C@@H](O)[C@@H]1O. The van der Waals surface area contributed by atoms with Crippen LogP contribution in [0.5, 0.6) is 0 Å². The molecule has 5 aliphatic rings. The Hall–Kier alpha value is -0.990. The van der Waals surface area contributed by atoms with Crippen LogP contribution in [-0.4, -0.2) is 64.7 Å². The maximum absolute atomic E-state index is 12.5. The third kappa shape index (κ3) is 10.7. The van der Waals surface area contributed by atoms with Gasteiger partial charge in [-0.15, -0.1) is 0 Å². The number of carbonyl (C=O) groups excluding carboxylic acids is 1. The first-order valence-corrected chi connectivity index (χ1v) is 23.1. The van der Waals surface area contributed by atoms with Gasteiger partial charge in [-0.3, -0.25) is 4.79 Å². The molecule has 0 aromatic carbocycles. The number of aliphatic hydroxyl groups is 3. The van der Waals surface area contributed by atoms with Crippen molar-refractivity contribution in [2.75, 3.05) is 6.61 Å². The summed E-state index contributed by atoms with van der Waals surface area (Å²) in [4.78, 5) is 12.5. The van der Waals surface area contributed by atoms with Gasteiger partial charge in [-0.05, 0) is 104 Å². The standard InChI is InChI=1S/C47H82O7/c1-7-8-9-10-11-12-13-14-15-16-17-21-41(48)52-31-40-42(49)43(50)44(51)45(54-40)53-35-26-28-46(5)34(30-35)22-23-36-38-25-24-37(33(4)20-18-19-32(2)3)47(38,6)29-27-39(36)46/h22,32-33,35-40,42-45,49-51H,7-21,23-31H2,1-6H3/t33-,35?,36+,37-,38+,39+,40-,42-,43+,44-,45+,46+,47-/m1/s1. The summed E-state index contributed by atoms with van der Waals surface area (Å²) in [5.41, 5.74) is 2.15. The van der Waals surface area contributed by atoms with Crippen molar-refractivity contribution in [1.82, 2.24) is 0 Å². The van der Waals surface area contributed by atoms with E-state index in [1.165, 1.54) is 102 Å². The molecule has 0 radical (unpaired) electrons. The van der Waals surface area contributed by atoms with Crippen LogP contribution in [0.3, 0.4) is 0 Å². The van der Waals surface area contributed by atoms with Crippen LogP contribution in [0.1, 0.15) is 189 Å². The fraction of sp³-hybridized carbons (Fsp3) is 0.936. The molecule has 0 amide bonds. The maximum atomic E-state index is 12.5. The van der Waals surface area contributed by atoms with E-state index in [1.807, 2.05) is 0 Å². The molecular weight excluding hydrogens is 677 g/mol. The fourth-order valence-corrected chi connectivity index (χ4v) is 12.3. The van der Waals surface area contributed by atoms with Gasteiger partial charge in [0.15, 0.2) is 6.29 Å². The molecule has 0 aromatic heterocycles. The van der Waals surface area contributed by atoms with Crippen LogP contribution in [0, 0.1) is 46.3 Å². The third-order valence-electron chi connectivity index (χ3n) is 15.6. The molecule has 3 saturated carbocycles. The number of aliphatic hydroxyl groups excluding tert-OH is 3. The third-order valence-corrected chi connectivity index (χ3v) is 15.6. The number of allylic oxidation sites excluding steroid dienone is 1. The van der Waals surface area contributed by atoms with Crippen LogP contribution in [0.2, 0.25) is 0 Å². The van der Waals surface area contributed by atoms with Crippen molar-refractivity contribution in [2.45, 2.75) is 226 Å². The number of ether oxygens (including phenoxy) is 3. The largest absolute Gasteiger partial charge is 0.463 e. The molecule has 7 heteroatoms. The van der Waals surface area contributed by atoms with Crippen molar-refractivity contribution in [2.24, 2.45) is 46.3 Å². The molecule has 1 aliphatic heterocycles. The second-order valence-electron chi connectivity index (χ2n) is 19.8. The molecule has 13 atom stereocenters. The van der Waals surface area contributed by atoms with Gasteiger partial charge in [-0.25, -0.2) is 0 Å². The zero-order chi connectivity index (χ0) is 38.9. The number of esters is 1. The minimum atomic E-state index is -1.44. The van der Waals surface area contributed by atoms with Crippen molar-refractivity contribution in [3.63, 3.8) is 0 Å². The van der Waals surface area contributed by atoms with Crippen LogP contribution < -0.4 is 0 Å². The predicted octanol–water partition coefficient (Wildman–Crippen LogP) is 10.5. The lowest BCUT2D eigenvalue weighted by Crippen LogP contribution is -2.60. The van der Waals surface area contributed by atoms with Crippen molar-refractivity contribution in [3.8, 4) is 0 Å². The zero-order valence-electron chi connectivity index (χ0n) is 35.5. The monoisotopic (exact) mass is 759 g/mol. The van der Waals surface area contributed by atoms with E-state index in [2.05, 4.69) is 47.6 Å². The van der Waals surface area contributed by atoms with Crippen LogP contribution in [0.4, 0.5) is 0 Å². The molecular formula is C47H82O7. The summed E-state index contributed by atoms with van der Waals surface area (Å²) in [7, 11) is 0. The van der Waals surface area contributed by atoms with Crippen molar-refractivity contribution in [1.29, 1.82) is 0 Å². The average molecular weight is 759 g/mol. The molecule has 0 bridgehead atoms. The van der Waals surface area contributed by atoms with E-state index in [4.69, 9.17) is 14.2 Å². The van der Waals surface area contributed by atoms with Crippen molar-refractivity contribution < 1.29 is 34.3 Å². The smallest absolute Gasteiger partial charge is 0.305 e. The van der Waals surface area contributed by atoms with Crippen LogP contribution in [0.25, 0.3) is 0 Å². The van der Waals surface area contributed by atoms with Crippen LogP contribution in [0.15, 0.2) is 11.6 Å². The molecule has 0 aromatic rings. The maximum Gasteiger partial charge on any atom is 0.305 e. The van der Waals surface area contributed by atoms with E-state index >= 15 is 0 Å². The Morgan fingerprint density at radius 2 is 1.50 bits per heavy atom. The number of rotatable bonds is 21. The summed E-state index contributed by atoms with van der Waals surface area (Å²) in [5.74, 6) is 4.45. The lowest BCUT2D eigenvalue weighted by atomic mass is 9.47. The number of carbonyl (C=O) groups is 1. The summed E-state index contributed by atoms with van der Waals surface area (Å²) < 4.78 is 18.0. The molecule has 0 spiro atoms. The zero-order valence-corrected chi connectivity index (χ0v) is 35.5. The van der Waals surface area contributed by atoms with Gasteiger partial charge in [0.25, 0.3) is 0 Å². The number of hydrogen-bond acceptors (Lipinski definition) is 7. The van der Waals surface area contributed by atoms with Gasteiger partial charge in [0.2, 0.25) is 0 Å².